The van der Waals surface area contributed by atoms with Gasteiger partial charge in [-0.1, -0.05) is 17.7 Å². The lowest BCUT2D eigenvalue weighted by molar-refractivity contribution is -0.384. The third-order valence-electron chi connectivity index (χ3n) is 5.02. The lowest BCUT2D eigenvalue weighted by Crippen LogP contribution is -2.28. The van der Waals surface area contributed by atoms with Gasteiger partial charge in [0.2, 0.25) is 0 Å². The first-order valence-corrected chi connectivity index (χ1v) is 11.0. The normalized spacial score (nSPS) is 16.1. The first-order chi connectivity index (χ1) is 15.9. The van der Waals surface area contributed by atoms with E-state index < -0.39 is 4.92 Å². The Hall–Kier alpha value is -3.85. The number of ether oxygens (including phenoxy) is 1. The van der Waals surface area contributed by atoms with E-state index in [0.717, 1.165) is 11.3 Å². The van der Waals surface area contributed by atoms with Crippen molar-refractivity contribution in [2.75, 3.05) is 13.7 Å². The number of methoxy groups -OCH3 is 1. The molecule has 1 saturated heterocycles. The van der Waals surface area contributed by atoms with Gasteiger partial charge in [0.25, 0.3) is 11.6 Å². The number of thioether (sulfide) groups is 1. The summed E-state index contributed by atoms with van der Waals surface area (Å²) in [6.07, 6.45) is 1.65. The van der Waals surface area contributed by atoms with Gasteiger partial charge in [-0.05, 0) is 55.9 Å². The van der Waals surface area contributed by atoms with Gasteiger partial charge in [0.1, 0.15) is 17.3 Å². The summed E-state index contributed by atoms with van der Waals surface area (Å²) in [4.78, 5) is 30.3. The zero-order chi connectivity index (χ0) is 23.5. The van der Waals surface area contributed by atoms with Crippen molar-refractivity contribution in [2.24, 2.45) is 4.99 Å². The second kappa shape index (κ2) is 9.33. The van der Waals surface area contributed by atoms with Gasteiger partial charge < -0.3 is 9.15 Å². The van der Waals surface area contributed by atoms with Crippen LogP contribution in [0.15, 0.2) is 68.9 Å². The number of carbonyl (C=O) groups excluding carboxylic acids is 1. The molecule has 1 aliphatic rings. The number of likely N-dealkylation sites (N-methyl/N-ethyl adjacent to an activating group) is 1. The van der Waals surface area contributed by atoms with Crippen molar-refractivity contribution in [3.05, 3.63) is 80.9 Å². The molecule has 0 N–H and O–H groups in total. The highest BCUT2D eigenvalue weighted by Gasteiger charge is 2.32. The Labute approximate surface area is 194 Å². The molecule has 4 rings (SSSR count). The second-order valence-corrected chi connectivity index (χ2v) is 8.24. The molecule has 33 heavy (non-hydrogen) atoms. The molecule has 0 aliphatic carbocycles. The van der Waals surface area contributed by atoms with E-state index in [1.54, 1.807) is 23.1 Å². The van der Waals surface area contributed by atoms with Crippen molar-refractivity contribution in [3.8, 4) is 17.1 Å². The number of hydrogen-bond acceptors (Lipinski definition) is 7. The minimum absolute atomic E-state index is 0.0702. The summed E-state index contributed by atoms with van der Waals surface area (Å²) < 4.78 is 11.2. The number of nitro groups is 1. The lowest BCUT2D eigenvalue weighted by Gasteiger charge is -2.11. The van der Waals surface area contributed by atoms with Gasteiger partial charge in [-0.3, -0.25) is 19.8 Å². The summed E-state index contributed by atoms with van der Waals surface area (Å²) in [5.74, 6) is 1.14. The molecule has 1 fully saturated rings. The number of aliphatic imine (C=N–C) groups is 1. The van der Waals surface area contributed by atoms with Crippen molar-refractivity contribution in [2.45, 2.75) is 13.8 Å². The monoisotopic (exact) mass is 463 g/mol. The molecule has 0 spiro atoms. The maximum absolute atomic E-state index is 12.9. The average Bonchev–Trinajstić information content (AvgIpc) is 3.39. The van der Waals surface area contributed by atoms with E-state index in [1.807, 2.05) is 38.1 Å². The maximum atomic E-state index is 12.9. The van der Waals surface area contributed by atoms with Crippen LogP contribution in [0.4, 0.5) is 11.4 Å². The highest BCUT2D eigenvalue weighted by molar-refractivity contribution is 8.18. The highest BCUT2D eigenvalue weighted by atomic mass is 32.2. The number of rotatable bonds is 6. The number of carbonyl (C=O) groups is 1. The topological polar surface area (TPSA) is 98.2 Å². The highest BCUT2D eigenvalue weighted by Crippen LogP contribution is 2.37. The SMILES string of the molecule is CCN1C(=O)/C(=C\c2ccc(-c3cc([N+](=O)[O-])ccc3OC)o2)SC1=Nc1ccc(C)cc1. The van der Waals surface area contributed by atoms with Crippen molar-refractivity contribution in [1.29, 1.82) is 0 Å². The summed E-state index contributed by atoms with van der Waals surface area (Å²) in [5, 5.41) is 11.8. The van der Waals surface area contributed by atoms with Gasteiger partial charge in [0, 0.05) is 24.8 Å². The van der Waals surface area contributed by atoms with Gasteiger partial charge in [0.15, 0.2) is 5.17 Å². The number of hydrogen-bond donors (Lipinski definition) is 0. The summed E-state index contributed by atoms with van der Waals surface area (Å²) in [6, 6.07) is 15.5. The molecule has 0 unspecified atom stereocenters. The fraction of sp³-hybridized carbons (Fsp3) is 0.167. The molecule has 1 amide bonds. The first kappa shape index (κ1) is 22.3. The smallest absolute Gasteiger partial charge is 0.270 e. The predicted molar refractivity (Wildman–Crippen MR) is 129 cm³/mol. The molecule has 1 aliphatic heterocycles. The molecule has 0 bridgehead atoms. The maximum Gasteiger partial charge on any atom is 0.270 e. The van der Waals surface area contributed by atoms with Crippen LogP contribution in [0.1, 0.15) is 18.2 Å². The van der Waals surface area contributed by atoms with Crippen LogP contribution in [0.2, 0.25) is 0 Å². The Morgan fingerprint density at radius 3 is 2.61 bits per heavy atom. The molecule has 0 radical (unpaired) electrons. The minimum Gasteiger partial charge on any atom is -0.496 e. The quantitative estimate of drug-likeness (QED) is 0.260. The van der Waals surface area contributed by atoms with E-state index in [1.165, 1.54) is 37.1 Å². The van der Waals surface area contributed by atoms with Crippen LogP contribution in [0.25, 0.3) is 17.4 Å². The third kappa shape index (κ3) is 4.68. The average molecular weight is 464 g/mol. The zero-order valence-corrected chi connectivity index (χ0v) is 19.1. The van der Waals surface area contributed by atoms with Crippen LogP contribution in [0, 0.1) is 17.0 Å². The first-order valence-electron chi connectivity index (χ1n) is 10.2. The van der Waals surface area contributed by atoms with Crippen LogP contribution in [-0.2, 0) is 4.79 Å². The zero-order valence-electron chi connectivity index (χ0n) is 18.3. The molecule has 168 valence electrons. The molecule has 0 atom stereocenters. The standard InChI is InChI=1S/C24H21N3O5S/c1-4-26-23(28)22(33-24(26)25-16-7-5-15(2)6-8-16)14-18-10-12-21(32-18)19-13-17(27(29)30)9-11-20(19)31-3/h5-14H,4H2,1-3H3/b22-14+,25-24?. The van der Waals surface area contributed by atoms with E-state index in [-0.39, 0.29) is 11.6 Å². The Kier molecular flexibility index (Phi) is 6.32. The van der Waals surface area contributed by atoms with Crippen molar-refractivity contribution in [1.82, 2.24) is 4.90 Å². The van der Waals surface area contributed by atoms with Crippen LogP contribution in [-0.4, -0.2) is 34.6 Å². The van der Waals surface area contributed by atoms with E-state index >= 15 is 0 Å². The van der Waals surface area contributed by atoms with Gasteiger partial charge in [-0.15, -0.1) is 0 Å². The number of amidine groups is 1. The van der Waals surface area contributed by atoms with Gasteiger partial charge in [-0.25, -0.2) is 4.99 Å². The summed E-state index contributed by atoms with van der Waals surface area (Å²) >= 11 is 1.28. The Morgan fingerprint density at radius 1 is 1.18 bits per heavy atom. The van der Waals surface area contributed by atoms with Crippen LogP contribution < -0.4 is 4.74 Å². The molecule has 2 aromatic carbocycles. The fourth-order valence-corrected chi connectivity index (χ4v) is 4.35. The molecule has 1 aromatic heterocycles. The molecule has 0 saturated carbocycles. The summed E-state index contributed by atoms with van der Waals surface area (Å²) in [7, 11) is 1.48. The molecule has 8 nitrogen and oxygen atoms in total. The summed E-state index contributed by atoms with van der Waals surface area (Å²) in [5.41, 5.74) is 2.29. The second-order valence-electron chi connectivity index (χ2n) is 7.23. The molecule has 9 heteroatoms. The fourth-order valence-electron chi connectivity index (χ4n) is 3.31. The van der Waals surface area contributed by atoms with Crippen molar-refractivity contribution in [3.63, 3.8) is 0 Å². The van der Waals surface area contributed by atoms with E-state index in [0.29, 0.717) is 39.5 Å². The van der Waals surface area contributed by atoms with Crippen LogP contribution >= 0.6 is 11.8 Å². The Bertz CT molecular complexity index is 1280. The van der Waals surface area contributed by atoms with Crippen LogP contribution in [0.5, 0.6) is 5.75 Å². The number of benzene rings is 2. The van der Waals surface area contributed by atoms with Crippen LogP contribution in [0.3, 0.4) is 0 Å². The molecular weight excluding hydrogens is 442 g/mol. The Morgan fingerprint density at radius 2 is 1.94 bits per heavy atom. The largest absolute Gasteiger partial charge is 0.496 e. The number of furan rings is 1. The minimum atomic E-state index is -0.475. The van der Waals surface area contributed by atoms with E-state index in [4.69, 9.17) is 9.15 Å². The number of aryl methyl sites for hydroxylation is 1. The van der Waals surface area contributed by atoms with Crippen molar-refractivity contribution < 1.29 is 18.9 Å². The number of nitrogens with zero attached hydrogens (tertiary/aromatic N) is 3. The summed E-state index contributed by atoms with van der Waals surface area (Å²) in [6.45, 7) is 4.39. The predicted octanol–water partition coefficient (Wildman–Crippen LogP) is 5.80. The van der Waals surface area contributed by atoms with Gasteiger partial charge in [0.05, 0.1) is 28.2 Å². The number of nitro benzene ring substituents is 1. The van der Waals surface area contributed by atoms with Gasteiger partial charge >= 0.3 is 0 Å². The van der Waals surface area contributed by atoms with E-state index in [2.05, 4.69) is 4.99 Å². The van der Waals surface area contributed by atoms with E-state index in [9.17, 15) is 14.9 Å². The third-order valence-corrected chi connectivity index (χ3v) is 6.03. The Balaban J connectivity index is 1.64. The molecular formula is C24H21N3O5S. The van der Waals surface area contributed by atoms with Crippen molar-refractivity contribution >= 4 is 40.3 Å². The molecule has 3 aromatic rings. The molecule has 2 heterocycles. The number of non-ortho nitro benzene ring substituents is 1. The van der Waals surface area contributed by atoms with Gasteiger partial charge in [-0.2, -0.15) is 0 Å². The number of amides is 1. The lowest BCUT2D eigenvalue weighted by atomic mass is 10.1.